The summed E-state index contributed by atoms with van der Waals surface area (Å²) in [4.78, 5) is 12.1. The fraction of sp³-hybridized carbons (Fsp3) is 0.429. The number of hydrogen-bond donors (Lipinski definition) is 1. The minimum absolute atomic E-state index is 0.0559. The lowest BCUT2D eigenvalue weighted by Crippen LogP contribution is -2.43. The summed E-state index contributed by atoms with van der Waals surface area (Å²) in [7, 11) is -3.86. The maximum atomic E-state index is 12.9. The Balaban J connectivity index is 2.59. The van der Waals surface area contributed by atoms with Crippen LogP contribution in [0.1, 0.15) is 25.0 Å². The molecular formula is C14H18N2O3S2. The highest BCUT2D eigenvalue weighted by atomic mass is 32.2. The molecule has 1 aliphatic heterocycles. The molecule has 0 saturated carbocycles. The smallest absolute Gasteiger partial charge is 0.267 e. The lowest BCUT2D eigenvalue weighted by Gasteiger charge is -2.26. The van der Waals surface area contributed by atoms with E-state index in [1.54, 1.807) is 32.9 Å². The van der Waals surface area contributed by atoms with Crippen LogP contribution in [-0.2, 0) is 14.8 Å². The molecule has 0 aromatic heterocycles. The molecule has 0 spiro atoms. The van der Waals surface area contributed by atoms with Crippen LogP contribution in [0.3, 0.4) is 0 Å². The predicted molar refractivity (Wildman–Crippen MR) is 84.3 cm³/mol. The zero-order chi connectivity index (χ0) is 15.9. The summed E-state index contributed by atoms with van der Waals surface area (Å²) >= 11 is 5.05. The van der Waals surface area contributed by atoms with Crippen molar-refractivity contribution in [2.45, 2.75) is 38.6 Å². The number of nitrogens with one attached hydrogen (secondary N) is 1. The summed E-state index contributed by atoms with van der Waals surface area (Å²) in [6, 6.07) is 4.40. The zero-order valence-electron chi connectivity index (χ0n) is 12.4. The standard InChI is InChI=1S/C14H18N2O3S2/c1-8(2)12-13(17)15-14(20)16(12)21(18,19)11-7-9(3)5-6-10(11)4/h5-8,12H,1-4H3,(H,15,17,20)/t12-/m0/s1. The van der Waals surface area contributed by atoms with E-state index in [0.29, 0.717) is 5.56 Å². The van der Waals surface area contributed by atoms with Gasteiger partial charge in [-0.1, -0.05) is 26.0 Å². The Hall–Kier alpha value is -1.47. The Labute approximate surface area is 130 Å². The largest absolute Gasteiger partial charge is 0.300 e. The van der Waals surface area contributed by atoms with Crippen molar-refractivity contribution in [2.75, 3.05) is 0 Å². The molecule has 0 unspecified atom stereocenters. The number of benzene rings is 1. The third-order valence-corrected chi connectivity index (χ3v) is 5.80. The molecular weight excluding hydrogens is 308 g/mol. The van der Waals surface area contributed by atoms with Crippen LogP contribution in [0.4, 0.5) is 0 Å². The van der Waals surface area contributed by atoms with Crippen molar-refractivity contribution in [2.24, 2.45) is 5.92 Å². The van der Waals surface area contributed by atoms with Crippen molar-refractivity contribution in [1.29, 1.82) is 0 Å². The van der Waals surface area contributed by atoms with Gasteiger partial charge in [0.15, 0.2) is 5.11 Å². The van der Waals surface area contributed by atoms with E-state index >= 15 is 0 Å². The maximum absolute atomic E-state index is 12.9. The van der Waals surface area contributed by atoms with Gasteiger partial charge in [0.05, 0.1) is 4.90 Å². The van der Waals surface area contributed by atoms with E-state index in [0.717, 1.165) is 9.87 Å². The van der Waals surface area contributed by atoms with Gasteiger partial charge in [-0.05, 0) is 49.2 Å². The molecule has 1 aromatic carbocycles. The first kappa shape index (κ1) is 15.9. The number of carbonyl (C=O) groups excluding carboxylic acids is 1. The molecule has 7 heteroatoms. The van der Waals surface area contributed by atoms with E-state index in [4.69, 9.17) is 12.2 Å². The molecule has 1 atom stereocenters. The van der Waals surface area contributed by atoms with Crippen molar-refractivity contribution in [3.05, 3.63) is 29.3 Å². The molecule has 1 heterocycles. The molecule has 1 saturated heterocycles. The molecule has 1 aliphatic rings. The lowest BCUT2D eigenvalue weighted by molar-refractivity contribution is -0.121. The van der Waals surface area contributed by atoms with Crippen molar-refractivity contribution in [3.8, 4) is 0 Å². The average Bonchev–Trinajstić information content (AvgIpc) is 2.67. The highest BCUT2D eigenvalue weighted by Gasteiger charge is 2.45. The summed E-state index contributed by atoms with van der Waals surface area (Å²) in [6.07, 6.45) is 0. The van der Waals surface area contributed by atoms with E-state index in [1.165, 1.54) is 0 Å². The number of aryl methyl sites for hydroxylation is 2. The van der Waals surface area contributed by atoms with Crippen molar-refractivity contribution in [3.63, 3.8) is 0 Å². The molecule has 1 aromatic rings. The second kappa shape index (κ2) is 5.38. The second-order valence-electron chi connectivity index (χ2n) is 5.55. The molecule has 2 rings (SSSR count). The summed E-state index contributed by atoms with van der Waals surface area (Å²) in [6.45, 7) is 7.14. The van der Waals surface area contributed by atoms with E-state index in [-0.39, 0.29) is 21.8 Å². The van der Waals surface area contributed by atoms with Crippen LogP contribution in [0.2, 0.25) is 0 Å². The number of carbonyl (C=O) groups is 1. The molecule has 0 aliphatic carbocycles. The van der Waals surface area contributed by atoms with Gasteiger partial charge in [-0.2, -0.15) is 0 Å². The molecule has 1 N–H and O–H groups in total. The van der Waals surface area contributed by atoms with Gasteiger partial charge < -0.3 is 5.32 Å². The molecule has 114 valence electrons. The summed E-state index contributed by atoms with van der Waals surface area (Å²) in [5, 5.41) is 2.39. The molecule has 0 radical (unpaired) electrons. The highest BCUT2D eigenvalue weighted by molar-refractivity contribution is 7.91. The normalized spacial score (nSPS) is 19.3. The minimum atomic E-state index is -3.86. The molecule has 21 heavy (non-hydrogen) atoms. The fourth-order valence-corrected chi connectivity index (χ4v) is 4.82. The molecule has 5 nitrogen and oxygen atoms in total. The SMILES string of the molecule is Cc1ccc(C)c(S(=O)(=O)N2C(=S)NC(=O)[C@@H]2C(C)C)c1. The van der Waals surface area contributed by atoms with Crippen LogP contribution < -0.4 is 5.32 Å². The topological polar surface area (TPSA) is 66.5 Å². The number of nitrogens with zero attached hydrogens (tertiary/aromatic N) is 1. The van der Waals surface area contributed by atoms with Crippen LogP contribution in [0.15, 0.2) is 23.1 Å². The first-order chi connectivity index (χ1) is 9.66. The van der Waals surface area contributed by atoms with Gasteiger partial charge in [0.1, 0.15) is 6.04 Å². The van der Waals surface area contributed by atoms with Crippen LogP contribution in [0, 0.1) is 19.8 Å². The van der Waals surface area contributed by atoms with Gasteiger partial charge >= 0.3 is 0 Å². The number of thiocarbonyl (C=S) groups is 1. The van der Waals surface area contributed by atoms with E-state index < -0.39 is 16.1 Å². The number of sulfonamides is 1. The third kappa shape index (κ3) is 2.67. The van der Waals surface area contributed by atoms with Crippen LogP contribution in [0.25, 0.3) is 0 Å². The summed E-state index contributed by atoms with van der Waals surface area (Å²) in [5.74, 6) is -0.547. The van der Waals surface area contributed by atoms with Crippen LogP contribution >= 0.6 is 12.2 Å². The van der Waals surface area contributed by atoms with Crippen LogP contribution in [0.5, 0.6) is 0 Å². The highest BCUT2D eigenvalue weighted by Crippen LogP contribution is 2.28. The number of rotatable bonds is 3. The summed E-state index contributed by atoms with van der Waals surface area (Å²) < 4.78 is 26.9. The molecule has 0 bridgehead atoms. The monoisotopic (exact) mass is 326 g/mol. The van der Waals surface area contributed by atoms with Gasteiger partial charge in [0.25, 0.3) is 10.0 Å². The van der Waals surface area contributed by atoms with E-state index in [2.05, 4.69) is 5.32 Å². The Morgan fingerprint density at radius 3 is 2.48 bits per heavy atom. The van der Waals surface area contributed by atoms with E-state index in [9.17, 15) is 13.2 Å². The van der Waals surface area contributed by atoms with Crippen molar-refractivity contribution < 1.29 is 13.2 Å². The van der Waals surface area contributed by atoms with Crippen molar-refractivity contribution >= 4 is 33.3 Å². The fourth-order valence-electron chi connectivity index (χ4n) is 2.39. The van der Waals surface area contributed by atoms with Gasteiger partial charge in [-0.25, -0.2) is 12.7 Å². The van der Waals surface area contributed by atoms with Gasteiger partial charge in [-0.3, -0.25) is 4.79 Å². The van der Waals surface area contributed by atoms with Gasteiger partial charge in [0, 0.05) is 0 Å². The first-order valence-corrected chi connectivity index (χ1v) is 8.47. The predicted octanol–water partition coefficient (Wildman–Crippen LogP) is 1.73. The maximum Gasteiger partial charge on any atom is 0.267 e. The Bertz CT molecular complexity index is 711. The minimum Gasteiger partial charge on any atom is -0.300 e. The number of hydrogen-bond acceptors (Lipinski definition) is 4. The molecule has 1 amide bonds. The molecule has 1 fully saturated rings. The Morgan fingerprint density at radius 1 is 1.29 bits per heavy atom. The average molecular weight is 326 g/mol. The first-order valence-electron chi connectivity index (χ1n) is 6.62. The third-order valence-electron chi connectivity index (χ3n) is 3.46. The zero-order valence-corrected chi connectivity index (χ0v) is 14.0. The Morgan fingerprint density at radius 2 is 1.90 bits per heavy atom. The summed E-state index contributed by atoms with van der Waals surface area (Å²) in [5.41, 5.74) is 1.47. The van der Waals surface area contributed by atoms with E-state index in [1.807, 2.05) is 13.0 Å². The van der Waals surface area contributed by atoms with Crippen LogP contribution in [-0.4, -0.2) is 29.8 Å². The lowest BCUT2D eigenvalue weighted by atomic mass is 10.1. The van der Waals surface area contributed by atoms with Gasteiger partial charge in [0.2, 0.25) is 5.91 Å². The quantitative estimate of drug-likeness (QED) is 0.859. The second-order valence-corrected chi connectivity index (χ2v) is 7.72. The van der Waals surface area contributed by atoms with Crippen molar-refractivity contribution in [1.82, 2.24) is 9.62 Å². The Kier molecular flexibility index (Phi) is 4.08. The van der Waals surface area contributed by atoms with Gasteiger partial charge in [-0.15, -0.1) is 0 Å². The number of amides is 1.